The van der Waals surface area contributed by atoms with E-state index in [0.29, 0.717) is 11.3 Å². The standard InChI is InChI=1S/C29H33BrFN3O4S/c1-20-6-16-26(17-7-20)39(37,38)34(25-14-10-23(30)11-15-25)19-27(35)33(18-22-8-12-24(31)13-9-22)21(2)28(36)32-29(3,4)5/h6-17,21H,18-19H2,1-5H3,(H,32,36)/t21-/m1/s1. The molecule has 2 amide bonds. The van der Waals surface area contributed by atoms with Crippen LogP contribution in [0, 0.1) is 12.7 Å². The highest BCUT2D eigenvalue weighted by atomic mass is 79.9. The third kappa shape index (κ3) is 8.12. The van der Waals surface area contributed by atoms with E-state index in [4.69, 9.17) is 0 Å². The van der Waals surface area contributed by atoms with Crippen molar-refractivity contribution in [3.05, 3.63) is 94.2 Å². The fourth-order valence-corrected chi connectivity index (χ4v) is 5.50. The predicted octanol–water partition coefficient (Wildman–Crippen LogP) is 5.42. The van der Waals surface area contributed by atoms with Crippen LogP contribution in [0.4, 0.5) is 10.1 Å². The summed E-state index contributed by atoms with van der Waals surface area (Å²) in [4.78, 5) is 28.3. The Morgan fingerprint density at radius 3 is 2.05 bits per heavy atom. The van der Waals surface area contributed by atoms with Crippen molar-refractivity contribution in [1.82, 2.24) is 10.2 Å². The van der Waals surface area contributed by atoms with Gasteiger partial charge in [0.25, 0.3) is 10.0 Å². The van der Waals surface area contributed by atoms with Gasteiger partial charge >= 0.3 is 0 Å². The summed E-state index contributed by atoms with van der Waals surface area (Å²) >= 11 is 3.36. The number of amides is 2. The number of nitrogens with zero attached hydrogens (tertiary/aromatic N) is 2. The van der Waals surface area contributed by atoms with Gasteiger partial charge in [0, 0.05) is 16.6 Å². The molecule has 3 rings (SSSR count). The second-order valence-electron chi connectivity index (χ2n) is 10.4. The number of halogens is 2. The number of rotatable bonds is 9. The first-order valence-electron chi connectivity index (χ1n) is 12.4. The summed E-state index contributed by atoms with van der Waals surface area (Å²) in [6, 6.07) is 17.6. The second-order valence-corrected chi connectivity index (χ2v) is 13.1. The summed E-state index contributed by atoms with van der Waals surface area (Å²) in [5.41, 5.74) is 1.23. The minimum absolute atomic E-state index is 0.0173. The lowest BCUT2D eigenvalue weighted by Crippen LogP contribution is -2.54. The average Bonchev–Trinajstić information content (AvgIpc) is 2.86. The molecule has 3 aromatic rings. The SMILES string of the molecule is Cc1ccc(S(=O)(=O)N(CC(=O)N(Cc2ccc(F)cc2)[C@H](C)C(=O)NC(C)(C)C)c2ccc(Br)cc2)cc1. The molecule has 0 aliphatic carbocycles. The quantitative estimate of drug-likeness (QED) is 0.347. The highest BCUT2D eigenvalue weighted by Gasteiger charge is 2.33. The zero-order chi connectivity index (χ0) is 29.0. The number of hydrogen-bond donors (Lipinski definition) is 1. The van der Waals surface area contributed by atoms with Gasteiger partial charge in [0.15, 0.2) is 0 Å². The van der Waals surface area contributed by atoms with E-state index in [2.05, 4.69) is 21.2 Å². The minimum atomic E-state index is -4.15. The summed E-state index contributed by atoms with van der Waals surface area (Å²) < 4.78 is 42.9. The molecule has 0 heterocycles. The van der Waals surface area contributed by atoms with Gasteiger partial charge in [-0.05, 0) is 88.7 Å². The van der Waals surface area contributed by atoms with Crippen LogP contribution in [0.15, 0.2) is 82.2 Å². The Morgan fingerprint density at radius 1 is 0.949 bits per heavy atom. The second kappa shape index (κ2) is 12.3. The number of hydrogen-bond acceptors (Lipinski definition) is 4. The van der Waals surface area contributed by atoms with Crippen LogP contribution in [0.3, 0.4) is 0 Å². The summed E-state index contributed by atoms with van der Waals surface area (Å²) in [5.74, 6) is -1.41. The van der Waals surface area contributed by atoms with Gasteiger partial charge < -0.3 is 10.2 Å². The molecule has 0 saturated carbocycles. The molecule has 0 aliphatic heterocycles. The topological polar surface area (TPSA) is 86.8 Å². The molecule has 1 atom stereocenters. The summed E-state index contributed by atoms with van der Waals surface area (Å²) in [6.07, 6.45) is 0. The number of sulfonamides is 1. The molecule has 7 nitrogen and oxygen atoms in total. The van der Waals surface area contributed by atoms with Crippen molar-refractivity contribution in [2.75, 3.05) is 10.8 Å². The van der Waals surface area contributed by atoms with E-state index in [9.17, 15) is 22.4 Å². The first-order valence-corrected chi connectivity index (χ1v) is 14.6. The van der Waals surface area contributed by atoms with Crippen LogP contribution in [-0.4, -0.2) is 43.3 Å². The molecule has 208 valence electrons. The molecule has 0 spiro atoms. The van der Waals surface area contributed by atoms with E-state index in [1.807, 2.05) is 27.7 Å². The number of nitrogens with one attached hydrogen (secondary N) is 1. The number of anilines is 1. The Balaban J connectivity index is 2.02. The van der Waals surface area contributed by atoms with Crippen molar-refractivity contribution in [3.8, 4) is 0 Å². The molecule has 10 heteroatoms. The largest absolute Gasteiger partial charge is 0.350 e. The molecule has 39 heavy (non-hydrogen) atoms. The molecular formula is C29H33BrFN3O4S. The van der Waals surface area contributed by atoms with Gasteiger partial charge in [0.1, 0.15) is 18.4 Å². The van der Waals surface area contributed by atoms with Crippen LogP contribution < -0.4 is 9.62 Å². The Kier molecular flexibility index (Phi) is 9.55. The molecule has 0 radical (unpaired) electrons. The van der Waals surface area contributed by atoms with Crippen LogP contribution in [-0.2, 0) is 26.2 Å². The first-order chi connectivity index (χ1) is 18.2. The van der Waals surface area contributed by atoms with E-state index in [-0.39, 0.29) is 11.4 Å². The van der Waals surface area contributed by atoms with Crippen LogP contribution in [0.2, 0.25) is 0 Å². The molecule has 0 saturated heterocycles. The Bertz CT molecular complexity index is 1400. The maximum atomic E-state index is 13.9. The average molecular weight is 619 g/mol. The van der Waals surface area contributed by atoms with Crippen LogP contribution in [0.1, 0.15) is 38.8 Å². The summed E-state index contributed by atoms with van der Waals surface area (Å²) in [7, 11) is -4.15. The maximum Gasteiger partial charge on any atom is 0.264 e. The number of benzene rings is 3. The van der Waals surface area contributed by atoms with E-state index < -0.39 is 45.8 Å². The molecule has 1 N–H and O–H groups in total. The Morgan fingerprint density at radius 2 is 1.51 bits per heavy atom. The Labute approximate surface area is 238 Å². The van der Waals surface area contributed by atoms with Crippen molar-refractivity contribution >= 4 is 43.5 Å². The fourth-order valence-electron chi connectivity index (χ4n) is 3.82. The van der Waals surface area contributed by atoms with Crippen LogP contribution in [0.25, 0.3) is 0 Å². The normalized spacial score (nSPS) is 12.5. The number of aryl methyl sites for hydroxylation is 1. The molecular weight excluding hydrogens is 585 g/mol. The van der Waals surface area contributed by atoms with Gasteiger partial charge in [-0.15, -0.1) is 0 Å². The van der Waals surface area contributed by atoms with E-state index in [0.717, 1.165) is 14.3 Å². The molecule has 3 aromatic carbocycles. The third-order valence-corrected chi connectivity index (χ3v) is 8.25. The first kappa shape index (κ1) is 30.3. The highest BCUT2D eigenvalue weighted by Crippen LogP contribution is 2.26. The number of carbonyl (C=O) groups excluding carboxylic acids is 2. The zero-order valence-corrected chi connectivity index (χ0v) is 25.0. The van der Waals surface area contributed by atoms with Gasteiger partial charge in [-0.1, -0.05) is 45.8 Å². The molecule has 0 bridgehead atoms. The van der Waals surface area contributed by atoms with Crippen molar-refractivity contribution in [2.24, 2.45) is 0 Å². The van der Waals surface area contributed by atoms with Gasteiger partial charge in [-0.2, -0.15) is 0 Å². The highest BCUT2D eigenvalue weighted by molar-refractivity contribution is 9.10. The predicted molar refractivity (Wildman–Crippen MR) is 154 cm³/mol. The third-order valence-electron chi connectivity index (χ3n) is 5.93. The van der Waals surface area contributed by atoms with E-state index >= 15 is 0 Å². The lowest BCUT2D eigenvalue weighted by Gasteiger charge is -2.33. The van der Waals surface area contributed by atoms with Crippen molar-refractivity contribution in [3.63, 3.8) is 0 Å². The lowest BCUT2D eigenvalue weighted by molar-refractivity contribution is -0.140. The van der Waals surface area contributed by atoms with Crippen molar-refractivity contribution < 1.29 is 22.4 Å². The van der Waals surface area contributed by atoms with Gasteiger partial charge in [-0.25, -0.2) is 12.8 Å². The summed E-state index contributed by atoms with van der Waals surface area (Å²) in [5, 5.41) is 2.87. The molecule has 0 unspecified atom stereocenters. The van der Waals surface area contributed by atoms with Gasteiger partial charge in [0.05, 0.1) is 10.6 Å². The number of carbonyl (C=O) groups is 2. The zero-order valence-electron chi connectivity index (χ0n) is 22.6. The van der Waals surface area contributed by atoms with Gasteiger partial charge in [0.2, 0.25) is 11.8 Å². The van der Waals surface area contributed by atoms with Crippen molar-refractivity contribution in [2.45, 2.75) is 57.6 Å². The Hall–Kier alpha value is -3.24. The maximum absolute atomic E-state index is 13.9. The van der Waals surface area contributed by atoms with E-state index in [1.54, 1.807) is 43.3 Å². The molecule has 0 aromatic heterocycles. The lowest BCUT2D eigenvalue weighted by atomic mass is 10.1. The minimum Gasteiger partial charge on any atom is -0.350 e. The van der Waals surface area contributed by atoms with Crippen molar-refractivity contribution in [1.29, 1.82) is 0 Å². The molecule has 0 fully saturated rings. The monoisotopic (exact) mass is 617 g/mol. The van der Waals surface area contributed by atoms with Gasteiger partial charge in [-0.3, -0.25) is 13.9 Å². The smallest absolute Gasteiger partial charge is 0.264 e. The van der Waals surface area contributed by atoms with Crippen LogP contribution in [0.5, 0.6) is 0 Å². The summed E-state index contributed by atoms with van der Waals surface area (Å²) in [6.45, 7) is 8.35. The van der Waals surface area contributed by atoms with E-state index in [1.165, 1.54) is 41.3 Å². The van der Waals surface area contributed by atoms with Crippen LogP contribution >= 0.6 is 15.9 Å². The molecule has 0 aliphatic rings. The fraction of sp³-hybridized carbons (Fsp3) is 0.310.